The van der Waals surface area contributed by atoms with Crippen LogP contribution in [-0.2, 0) is 17.6 Å². The average Bonchev–Trinajstić information content (AvgIpc) is 2.74. The van der Waals surface area contributed by atoms with E-state index in [1.807, 2.05) is 6.07 Å². The summed E-state index contributed by atoms with van der Waals surface area (Å²) in [5.41, 5.74) is 2.78. The maximum atomic E-state index is 13.6. The van der Waals surface area contributed by atoms with Crippen molar-refractivity contribution in [2.24, 2.45) is 0 Å². The number of hydrogen-bond acceptors (Lipinski definition) is 6. The molecule has 1 atom stereocenters. The normalized spacial score (nSPS) is 18.3. The highest BCUT2D eigenvalue weighted by atomic mass is 19.1. The van der Waals surface area contributed by atoms with E-state index in [0.29, 0.717) is 11.6 Å². The molecule has 1 aromatic carbocycles. The number of hydrogen-bond donors (Lipinski definition) is 2. The van der Waals surface area contributed by atoms with Gasteiger partial charge in [-0.2, -0.15) is 10.2 Å². The number of amides is 1. The highest BCUT2D eigenvalue weighted by molar-refractivity contribution is 5.73. The summed E-state index contributed by atoms with van der Waals surface area (Å²) in [6, 6.07) is 6.27. The first-order valence-electron chi connectivity index (χ1n) is 10.4. The minimum Gasteiger partial charge on any atom is -0.354 e. The van der Waals surface area contributed by atoms with Crippen molar-refractivity contribution < 1.29 is 9.18 Å². The summed E-state index contributed by atoms with van der Waals surface area (Å²) in [7, 11) is 0. The molecule has 2 aromatic rings. The van der Waals surface area contributed by atoms with Crippen LogP contribution in [0.1, 0.15) is 49.4 Å². The summed E-state index contributed by atoms with van der Waals surface area (Å²) < 4.78 is 13.6. The Morgan fingerprint density at radius 1 is 1.27 bits per heavy atom. The van der Waals surface area contributed by atoms with Crippen molar-refractivity contribution in [2.75, 3.05) is 23.3 Å². The van der Waals surface area contributed by atoms with Gasteiger partial charge in [0.15, 0.2) is 0 Å². The molecule has 1 aromatic heterocycles. The van der Waals surface area contributed by atoms with Gasteiger partial charge in [0.25, 0.3) is 0 Å². The van der Waals surface area contributed by atoms with Crippen LogP contribution in [0.25, 0.3) is 0 Å². The molecule has 2 N–H and O–H groups in total. The highest BCUT2D eigenvalue weighted by Gasteiger charge is 2.26. The molecule has 156 valence electrons. The molecule has 4 rings (SSSR count). The Balaban J connectivity index is 1.65. The zero-order chi connectivity index (χ0) is 21.1. The standard InChI is InChI=1S/C22H25FN6O/c1-14(30)25-17-5-4-10-29(13-17)21-18-6-2-3-7-20(18)27-22(28-21)26-16-8-9-19(23)15(11-16)12-24/h8-9,11,17H,2-7,10,13H2,1H3,(H,25,30)(H,26,27,28)/t17-/m1/s1. The number of aromatic nitrogens is 2. The minimum absolute atomic E-state index is 0.0153. The van der Waals surface area contributed by atoms with E-state index in [4.69, 9.17) is 15.2 Å². The third-order valence-electron chi connectivity index (χ3n) is 5.63. The van der Waals surface area contributed by atoms with Crippen molar-refractivity contribution in [2.45, 2.75) is 51.5 Å². The molecule has 0 unspecified atom stereocenters. The molecule has 0 bridgehead atoms. The van der Waals surface area contributed by atoms with Gasteiger partial charge >= 0.3 is 0 Å². The highest BCUT2D eigenvalue weighted by Crippen LogP contribution is 2.31. The molecular formula is C22H25FN6O. The zero-order valence-corrected chi connectivity index (χ0v) is 17.0. The van der Waals surface area contributed by atoms with Crippen LogP contribution in [0.4, 0.5) is 21.8 Å². The predicted octanol–water partition coefficient (Wildman–Crippen LogP) is 3.21. The molecule has 1 fully saturated rings. The Labute approximate surface area is 175 Å². The molecule has 2 heterocycles. The number of nitrogens with one attached hydrogen (secondary N) is 2. The van der Waals surface area contributed by atoms with Crippen LogP contribution in [0, 0.1) is 17.1 Å². The van der Waals surface area contributed by atoms with E-state index in [2.05, 4.69) is 15.5 Å². The van der Waals surface area contributed by atoms with Crippen LogP contribution in [0.5, 0.6) is 0 Å². The van der Waals surface area contributed by atoms with Gasteiger partial charge in [0.2, 0.25) is 11.9 Å². The summed E-state index contributed by atoms with van der Waals surface area (Å²) in [4.78, 5) is 23.3. The Kier molecular flexibility index (Phi) is 5.79. The molecule has 7 nitrogen and oxygen atoms in total. The van der Waals surface area contributed by atoms with Crippen LogP contribution >= 0.6 is 0 Å². The lowest BCUT2D eigenvalue weighted by Crippen LogP contribution is -2.48. The van der Waals surface area contributed by atoms with Crippen LogP contribution in [0.2, 0.25) is 0 Å². The van der Waals surface area contributed by atoms with Gasteiger partial charge in [-0.15, -0.1) is 0 Å². The van der Waals surface area contributed by atoms with Crippen LogP contribution in [0.3, 0.4) is 0 Å². The zero-order valence-electron chi connectivity index (χ0n) is 17.0. The Hall–Kier alpha value is -3.21. The second kappa shape index (κ2) is 8.66. The van der Waals surface area contributed by atoms with Crippen molar-refractivity contribution >= 4 is 23.4 Å². The summed E-state index contributed by atoms with van der Waals surface area (Å²) in [6.45, 7) is 3.15. The van der Waals surface area contributed by atoms with Crippen LogP contribution in [0.15, 0.2) is 18.2 Å². The Morgan fingerprint density at radius 3 is 2.90 bits per heavy atom. The number of aryl methyl sites for hydroxylation is 1. The second-order valence-electron chi connectivity index (χ2n) is 7.92. The van der Waals surface area contributed by atoms with E-state index in [-0.39, 0.29) is 17.5 Å². The van der Waals surface area contributed by atoms with E-state index in [1.54, 1.807) is 13.0 Å². The average molecular weight is 408 g/mol. The van der Waals surface area contributed by atoms with Gasteiger partial charge in [-0.1, -0.05) is 0 Å². The van der Waals surface area contributed by atoms with E-state index in [0.717, 1.165) is 63.1 Å². The predicted molar refractivity (Wildman–Crippen MR) is 112 cm³/mol. The molecule has 0 spiro atoms. The summed E-state index contributed by atoms with van der Waals surface area (Å²) in [5, 5.41) is 15.3. The van der Waals surface area contributed by atoms with E-state index >= 15 is 0 Å². The number of halogens is 1. The second-order valence-corrected chi connectivity index (χ2v) is 7.92. The van der Waals surface area contributed by atoms with E-state index in [1.165, 1.54) is 17.7 Å². The number of benzene rings is 1. The topological polar surface area (TPSA) is 93.9 Å². The quantitative estimate of drug-likeness (QED) is 0.807. The molecule has 1 aliphatic heterocycles. The van der Waals surface area contributed by atoms with Crippen molar-refractivity contribution in [3.8, 4) is 6.07 Å². The van der Waals surface area contributed by atoms with Crippen LogP contribution in [-0.4, -0.2) is 35.0 Å². The van der Waals surface area contributed by atoms with Gasteiger partial charge in [-0.3, -0.25) is 4.79 Å². The van der Waals surface area contributed by atoms with Gasteiger partial charge < -0.3 is 15.5 Å². The third-order valence-corrected chi connectivity index (χ3v) is 5.63. The molecule has 30 heavy (non-hydrogen) atoms. The maximum Gasteiger partial charge on any atom is 0.229 e. The molecule has 1 amide bonds. The molecule has 1 aliphatic carbocycles. The minimum atomic E-state index is -0.549. The van der Waals surface area contributed by atoms with Crippen molar-refractivity contribution in [3.63, 3.8) is 0 Å². The fraction of sp³-hybridized carbons (Fsp3) is 0.455. The largest absolute Gasteiger partial charge is 0.354 e. The monoisotopic (exact) mass is 408 g/mol. The van der Waals surface area contributed by atoms with Crippen LogP contribution < -0.4 is 15.5 Å². The lowest BCUT2D eigenvalue weighted by molar-refractivity contribution is -0.119. The number of carbonyl (C=O) groups excluding carboxylic acids is 1. The molecule has 8 heteroatoms. The fourth-order valence-electron chi connectivity index (χ4n) is 4.28. The SMILES string of the molecule is CC(=O)N[C@@H]1CCCN(c2nc(Nc3ccc(F)c(C#N)c3)nc3c2CCCC3)C1. The molecule has 2 aliphatic rings. The van der Waals surface area contributed by atoms with E-state index in [9.17, 15) is 9.18 Å². The lowest BCUT2D eigenvalue weighted by Gasteiger charge is -2.36. The number of carbonyl (C=O) groups is 1. The molecule has 0 radical (unpaired) electrons. The fourth-order valence-corrected chi connectivity index (χ4v) is 4.28. The van der Waals surface area contributed by atoms with Gasteiger partial charge in [0.1, 0.15) is 17.7 Å². The maximum absolute atomic E-state index is 13.6. The van der Waals surface area contributed by atoms with Crippen molar-refractivity contribution in [1.82, 2.24) is 15.3 Å². The number of fused-ring (bicyclic) bond motifs is 1. The summed E-state index contributed by atoms with van der Waals surface area (Å²) >= 11 is 0. The number of nitrogens with zero attached hydrogens (tertiary/aromatic N) is 4. The molecule has 0 saturated carbocycles. The first-order chi connectivity index (χ1) is 14.5. The van der Waals surface area contributed by atoms with Gasteiger partial charge in [-0.25, -0.2) is 9.37 Å². The van der Waals surface area contributed by atoms with Crippen molar-refractivity contribution in [3.05, 3.63) is 40.8 Å². The van der Waals surface area contributed by atoms with Gasteiger partial charge in [0, 0.05) is 37.3 Å². The van der Waals surface area contributed by atoms with E-state index < -0.39 is 5.82 Å². The van der Waals surface area contributed by atoms with Crippen molar-refractivity contribution in [1.29, 1.82) is 5.26 Å². The van der Waals surface area contributed by atoms with Gasteiger partial charge in [-0.05, 0) is 56.7 Å². The first-order valence-corrected chi connectivity index (χ1v) is 10.4. The summed E-state index contributed by atoms with van der Waals surface area (Å²) in [5.74, 6) is 0.800. The molecular weight excluding hydrogens is 383 g/mol. The van der Waals surface area contributed by atoms with Gasteiger partial charge in [0.05, 0.1) is 11.3 Å². The lowest BCUT2D eigenvalue weighted by atomic mass is 9.95. The molecule has 1 saturated heterocycles. The number of nitriles is 1. The third kappa shape index (κ3) is 4.35. The number of piperidine rings is 1. The Bertz CT molecular complexity index is 1000. The Morgan fingerprint density at radius 2 is 2.10 bits per heavy atom. The summed E-state index contributed by atoms with van der Waals surface area (Å²) in [6.07, 6.45) is 5.99. The number of rotatable bonds is 4. The smallest absolute Gasteiger partial charge is 0.229 e. The first kappa shape index (κ1) is 20.1. The number of anilines is 3.